The van der Waals surface area contributed by atoms with Crippen molar-refractivity contribution in [2.45, 2.75) is 175 Å². The van der Waals surface area contributed by atoms with Gasteiger partial charge in [-0.1, -0.05) is 138 Å². The van der Waals surface area contributed by atoms with Gasteiger partial charge in [0.1, 0.15) is 0 Å². The van der Waals surface area contributed by atoms with E-state index in [1.165, 1.54) is 6.42 Å². The van der Waals surface area contributed by atoms with Crippen molar-refractivity contribution in [2.24, 2.45) is 0 Å². The molecule has 0 amide bonds. The topological polar surface area (TPSA) is 46.2 Å². The van der Waals surface area contributed by atoms with E-state index < -0.39 is 14.1 Å². The normalized spacial score (nSPS) is 13.9. The van der Waals surface area contributed by atoms with Crippen molar-refractivity contribution in [1.82, 2.24) is 0 Å². The summed E-state index contributed by atoms with van der Waals surface area (Å²) >= 11 is 0. The Hall–Kier alpha value is 1.65. The maximum Gasteiger partial charge on any atom is 1.00 e. The molecule has 198 valence electrons. The molecule has 0 fully saturated rings. The van der Waals surface area contributed by atoms with Gasteiger partial charge in [-0.15, -0.1) is 0 Å². The van der Waals surface area contributed by atoms with Crippen molar-refractivity contribution >= 4 is 14.1 Å². The summed E-state index contributed by atoms with van der Waals surface area (Å²) in [5.41, 5.74) is 0. The van der Waals surface area contributed by atoms with Crippen LogP contribution in [0.4, 0.5) is 0 Å². The Morgan fingerprint density at radius 1 is 0.529 bits per heavy atom. The Kier molecular flexibility index (Phi) is 19.7. The van der Waals surface area contributed by atoms with Crippen LogP contribution in [0.1, 0.15) is 144 Å². The molecule has 1 N–H and O–H groups in total. The van der Waals surface area contributed by atoms with E-state index in [0.717, 1.165) is 6.42 Å². The molecule has 0 spiro atoms. The number of nitrogens with one attached hydrogen (secondary N) is 1. The summed E-state index contributed by atoms with van der Waals surface area (Å²) in [5, 5.41) is 20.4. The van der Waals surface area contributed by atoms with Crippen LogP contribution in [0.25, 0.3) is 5.16 Å². The molecule has 0 aliphatic heterocycles. The molecule has 0 rings (SSSR count). The van der Waals surface area contributed by atoms with Gasteiger partial charge in [0.25, 0.3) is 0 Å². The minimum Gasteiger partial charge on any atom is -0.807 e. The summed E-state index contributed by atoms with van der Waals surface area (Å²) in [4.78, 5) is 0. The largest absolute Gasteiger partial charge is 1.00 e. The fourth-order valence-corrected chi connectivity index (χ4v) is 18.1. The average Bonchev–Trinajstić information content (AvgIpc) is 2.47. The zero-order chi connectivity index (χ0) is 27.4. The summed E-state index contributed by atoms with van der Waals surface area (Å²) in [6.45, 7) is 45.2. The molecule has 0 aliphatic carbocycles. The van der Waals surface area contributed by atoms with Gasteiger partial charge < -0.3 is 17.2 Å². The molecule has 6 heteroatoms. The summed E-state index contributed by atoms with van der Waals surface area (Å²) < 4.78 is 0. The number of nitrogens with zero attached hydrogens (tertiary/aromatic N) is 1. The van der Waals surface area contributed by atoms with Gasteiger partial charge in [0.2, 0.25) is 0 Å². The predicted octanol–water partition coefficient (Wildman–Crippen LogP) is 5.94. The summed E-state index contributed by atoms with van der Waals surface area (Å²) in [5.74, 6) is 0. The number of hydrogen-bond donors (Lipinski definition) is 1. The van der Waals surface area contributed by atoms with E-state index in [1.807, 2.05) is 0 Å². The molecule has 34 heavy (non-hydrogen) atoms. The summed E-state index contributed by atoms with van der Waals surface area (Å²) in [6, 6.07) is 0. The first-order valence-corrected chi connectivity index (χ1v) is 16.0. The standard InChI is InChI=1S/C12H28NP.C12H27NP.C4H9.2Li/c2*1-10(2,3)14(13,11(4,5)6)12(7,8)9;1-3-4-2;;/h13H,1-9H3;1-9H3;1,3-4H2,2H3;;/q;2*-1;2*+1. The number of hydrogen-bond acceptors (Lipinski definition) is 1. The molecule has 2 nitrogen and oxygen atoms in total. The van der Waals surface area contributed by atoms with Crippen LogP contribution in [0.3, 0.4) is 0 Å². The quantitative estimate of drug-likeness (QED) is 0.261. The molecular weight excluding hydrogens is 440 g/mol. The fraction of sp³-hybridized carbons (Fsp3) is 0.964. The third-order valence-electron chi connectivity index (χ3n) is 6.28. The van der Waals surface area contributed by atoms with Gasteiger partial charge in [0, 0.05) is 0 Å². The van der Waals surface area contributed by atoms with Gasteiger partial charge in [0.05, 0.1) is 0 Å². The third-order valence-corrected chi connectivity index (χ3v) is 18.1. The molecule has 0 saturated carbocycles. The van der Waals surface area contributed by atoms with E-state index in [-0.39, 0.29) is 68.7 Å². The van der Waals surface area contributed by atoms with Gasteiger partial charge in [-0.3, -0.25) is 0 Å². The van der Waals surface area contributed by atoms with Crippen LogP contribution < -0.4 is 37.7 Å². The molecule has 0 aliphatic rings. The van der Waals surface area contributed by atoms with Crippen molar-refractivity contribution in [3.05, 3.63) is 12.1 Å². The summed E-state index contributed by atoms with van der Waals surface area (Å²) in [7, 11) is -3.79. The molecule has 0 bridgehead atoms. The van der Waals surface area contributed by atoms with E-state index in [4.69, 9.17) is 5.16 Å². The Morgan fingerprint density at radius 3 is 0.676 bits per heavy atom. The van der Waals surface area contributed by atoms with E-state index in [0.29, 0.717) is 0 Å². The van der Waals surface area contributed by atoms with Crippen molar-refractivity contribution in [2.75, 3.05) is 0 Å². The average molecular weight is 505 g/mol. The van der Waals surface area contributed by atoms with Crippen molar-refractivity contribution in [3.63, 3.8) is 0 Å². The molecule has 0 radical (unpaired) electrons. The van der Waals surface area contributed by atoms with Crippen LogP contribution in [0, 0.1) is 12.1 Å². The Balaban J connectivity index is -0.000000135. The third kappa shape index (κ3) is 11.2. The molecular formula is C28H64Li2N2P2. The number of rotatable bonds is 1. The number of unbranched alkanes of at least 4 members (excludes halogenated alkanes) is 1. The first-order valence-electron chi connectivity index (χ1n) is 12.5. The van der Waals surface area contributed by atoms with Crippen LogP contribution in [0.5, 0.6) is 0 Å². The van der Waals surface area contributed by atoms with E-state index in [2.05, 4.69) is 138 Å². The van der Waals surface area contributed by atoms with Gasteiger partial charge in [0.15, 0.2) is 0 Å². The zero-order valence-corrected chi connectivity index (χ0v) is 29.8. The van der Waals surface area contributed by atoms with E-state index in [1.54, 1.807) is 0 Å². The maximum atomic E-state index is 11.1. The summed E-state index contributed by atoms with van der Waals surface area (Å²) in [6.07, 6.45) is 2.28. The second-order valence-corrected chi connectivity index (χ2v) is 25.8. The minimum atomic E-state index is -2.02. The molecule has 0 aromatic rings. The van der Waals surface area contributed by atoms with Gasteiger partial charge in [-0.05, 0) is 38.0 Å². The molecule has 0 saturated heterocycles. The monoisotopic (exact) mass is 504 g/mol. The van der Waals surface area contributed by atoms with Crippen LogP contribution in [-0.4, -0.2) is 30.9 Å². The second-order valence-electron chi connectivity index (χ2n) is 15.2. The Bertz CT molecular complexity index is 499. The van der Waals surface area contributed by atoms with Crippen molar-refractivity contribution in [3.8, 4) is 0 Å². The molecule has 0 unspecified atom stereocenters. The predicted molar refractivity (Wildman–Crippen MR) is 159 cm³/mol. The van der Waals surface area contributed by atoms with Gasteiger partial charge >= 0.3 is 37.7 Å². The zero-order valence-electron chi connectivity index (χ0n) is 28.0. The van der Waals surface area contributed by atoms with Crippen LogP contribution >= 0.6 is 14.1 Å². The van der Waals surface area contributed by atoms with E-state index >= 15 is 0 Å². The van der Waals surface area contributed by atoms with Crippen LogP contribution in [-0.2, 0) is 0 Å². The SMILES string of the molecule is CC(C)(C)P(=N)(C(C)(C)C)C(C)(C)C.CC(C)(C)P(=[N-])(C(C)(C)C)C(C)(C)C.[CH2-]CCC.[Li+].[Li+]. The van der Waals surface area contributed by atoms with E-state index in [9.17, 15) is 5.16 Å². The maximum absolute atomic E-state index is 11.1. The Morgan fingerprint density at radius 2 is 0.676 bits per heavy atom. The first-order chi connectivity index (χ1) is 13.4. The van der Waals surface area contributed by atoms with Gasteiger partial charge in [-0.2, -0.15) is 6.42 Å². The smallest absolute Gasteiger partial charge is 0.807 e. The van der Waals surface area contributed by atoms with Gasteiger partial charge in [-0.25, -0.2) is 7.05 Å². The van der Waals surface area contributed by atoms with Crippen LogP contribution in [0.2, 0.25) is 0 Å². The fourth-order valence-electron chi connectivity index (χ4n) is 6.04. The molecule has 0 aromatic carbocycles. The molecule has 0 aromatic heterocycles. The minimum absolute atomic E-state index is 0. The molecule has 0 atom stereocenters. The van der Waals surface area contributed by atoms with Crippen LogP contribution in [0.15, 0.2) is 0 Å². The first kappa shape index (κ1) is 45.6. The Labute approximate surface area is 243 Å². The molecule has 0 heterocycles. The van der Waals surface area contributed by atoms with Crippen molar-refractivity contribution < 1.29 is 37.7 Å². The second kappa shape index (κ2) is 14.7. The van der Waals surface area contributed by atoms with Crippen molar-refractivity contribution in [1.29, 1.82) is 5.16 Å².